The van der Waals surface area contributed by atoms with E-state index in [0.29, 0.717) is 11.7 Å². The minimum Gasteiger partial charge on any atom is -0.358 e. The molecule has 2 nitrogen and oxygen atoms in total. The minimum absolute atomic E-state index is 0.229. The van der Waals surface area contributed by atoms with Crippen molar-refractivity contribution < 1.29 is 4.39 Å². The van der Waals surface area contributed by atoms with Crippen LogP contribution >= 0.6 is 12.2 Å². The Hall–Kier alpha value is -1.94. The normalized spacial score (nSPS) is 10.3. The SMILES string of the molecule is CCCCc1ccc(NC(=S)NCc2ccc(F)cc2)cc1. The Morgan fingerprint density at radius 1 is 1.00 bits per heavy atom. The zero-order valence-electron chi connectivity index (χ0n) is 12.7. The average molecular weight is 316 g/mol. The third-order valence-corrected chi connectivity index (χ3v) is 3.64. The maximum absolute atomic E-state index is 12.8. The summed E-state index contributed by atoms with van der Waals surface area (Å²) in [5.74, 6) is -0.229. The molecule has 22 heavy (non-hydrogen) atoms. The molecule has 0 spiro atoms. The van der Waals surface area contributed by atoms with E-state index in [0.717, 1.165) is 17.7 Å². The van der Waals surface area contributed by atoms with Crippen LogP contribution in [-0.2, 0) is 13.0 Å². The Morgan fingerprint density at radius 2 is 1.64 bits per heavy atom. The predicted octanol–water partition coefficient (Wildman–Crippen LogP) is 4.65. The topological polar surface area (TPSA) is 24.1 Å². The van der Waals surface area contributed by atoms with Gasteiger partial charge in [0.2, 0.25) is 0 Å². The van der Waals surface area contributed by atoms with Crippen molar-refractivity contribution in [3.8, 4) is 0 Å². The molecule has 116 valence electrons. The number of hydrogen-bond donors (Lipinski definition) is 2. The highest BCUT2D eigenvalue weighted by Crippen LogP contribution is 2.12. The highest BCUT2D eigenvalue weighted by atomic mass is 32.1. The van der Waals surface area contributed by atoms with E-state index in [2.05, 4.69) is 29.7 Å². The number of nitrogens with one attached hydrogen (secondary N) is 2. The lowest BCUT2D eigenvalue weighted by Crippen LogP contribution is -2.27. The molecule has 0 aliphatic carbocycles. The lowest BCUT2D eigenvalue weighted by Gasteiger charge is -2.11. The van der Waals surface area contributed by atoms with Gasteiger partial charge in [-0.3, -0.25) is 0 Å². The largest absolute Gasteiger partial charge is 0.358 e. The van der Waals surface area contributed by atoms with Crippen molar-refractivity contribution in [3.63, 3.8) is 0 Å². The van der Waals surface area contributed by atoms with Gasteiger partial charge in [0.15, 0.2) is 5.11 Å². The van der Waals surface area contributed by atoms with Gasteiger partial charge < -0.3 is 10.6 Å². The van der Waals surface area contributed by atoms with Crippen LogP contribution in [0.5, 0.6) is 0 Å². The summed E-state index contributed by atoms with van der Waals surface area (Å²) in [4.78, 5) is 0. The van der Waals surface area contributed by atoms with Crippen molar-refractivity contribution in [1.82, 2.24) is 5.32 Å². The first-order chi connectivity index (χ1) is 10.7. The standard InChI is InChI=1S/C18H21FN2S/c1-2-3-4-14-7-11-17(12-8-14)21-18(22)20-13-15-5-9-16(19)10-6-15/h5-12H,2-4,13H2,1H3,(H2,20,21,22). The van der Waals surface area contributed by atoms with Gasteiger partial charge in [0, 0.05) is 12.2 Å². The van der Waals surface area contributed by atoms with Crippen LogP contribution in [0.3, 0.4) is 0 Å². The summed E-state index contributed by atoms with van der Waals surface area (Å²) in [5, 5.41) is 6.83. The first kappa shape index (κ1) is 16.4. The van der Waals surface area contributed by atoms with Gasteiger partial charge in [-0.25, -0.2) is 4.39 Å². The van der Waals surface area contributed by atoms with Crippen molar-refractivity contribution in [2.24, 2.45) is 0 Å². The highest BCUT2D eigenvalue weighted by Gasteiger charge is 1.99. The Morgan fingerprint density at radius 3 is 2.27 bits per heavy atom. The molecule has 0 amide bonds. The molecule has 0 aliphatic rings. The van der Waals surface area contributed by atoms with Gasteiger partial charge >= 0.3 is 0 Å². The molecule has 0 saturated heterocycles. The van der Waals surface area contributed by atoms with E-state index in [1.54, 1.807) is 12.1 Å². The Kier molecular flexibility index (Phi) is 6.34. The van der Waals surface area contributed by atoms with Crippen LogP contribution in [0.4, 0.5) is 10.1 Å². The van der Waals surface area contributed by atoms with E-state index < -0.39 is 0 Å². The van der Waals surface area contributed by atoms with Crippen LogP contribution in [0.15, 0.2) is 48.5 Å². The zero-order valence-corrected chi connectivity index (χ0v) is 13.5. The van der Waals surface area contributed by atoms with Crippen molar-refractivity contribution >= 4 is 23.0 Å². The first-order valence-corrected chi connectivity index (χ1v) is 7.96. The quantitative estimate of drug-likeness (QED) is 0.758. The number of unbranched alkanes of at least 4 members (excludes halogenated alkanes) is 1. The number of rotatable bonds is 6. The fourth-order valence-electron chi connectivity index (χ4n) is 2.10. The highest BCUT2D eigenvalue weighted by molar-refractivity contribution is 7.80. The summed E-state index contributed by atoms with van der Waals surface area (Å²) in [6, 6.07) is 14.7. The molecule has 2 aromatic rings. The Balaban J connectivity index is 1.80. The number of thiocarbonyl (C=S) groups is 1. The molecule has 0 aliphatic heterocycles. The minimum atomic E-state index is -0.229. The van der Waals surface area contributed by atoms with Gasteiger partial charge in [-0.05, 0) is 60.5 Å². The van der Waals surface area contributed by atoms with E-state index in [4.69, 9.17) is 12.2 Å². The summed E-state index contributed by atoms with van der Waals surface area (Å²) in [6.07, 6.45) is 3.53. The molecule has 2 aromatic carbocycles. The molecule has 0 fully saturated rings. The second kappa shape index (κ2) is 8.49. The second-order valence-electron chi connectivity index (χ2n) is 5.23. The molecule has 0 radical (unpaired) electrons. The van der Waals surface area contributed by atoms with Gasteiger partial charge in [0.25, 0.3) is 0 Å². The summed E-state index contributed by atoms with van der Waals surface area (Å²) >= 11 is 5.27. The summed E-state index contributed by atoms with van der Waals surface area (Å²) in [5.41, 5.74) is 3.30. The molecule has 0 aromatic heterocycles. The van der Waals surface area contributed by atoms with E-state index in [1.165, 1.54) is 30.5 Å². The third kappa shape index (κ3) is 5.45. The van der Waals surface area contributed by atoms with Crippen LogP contribution in [0.2, 0.25) is 0 Å². The predicted molar refractivity (Wildman–Crippen MR) is 94.5 cm³/mol. The molecular weight excluding hydrogens is 295 g/mol. The molecule has 0 unspecified atom stereocenters. The fourth-order valence-corrected chi connectivity index (χ4v) is 2.29. The van der Waals surface area contributed by atoms with Gasteiger partial charge in [-0.1, -0.05) is 37.6 Å². The summed E-state index contributed by atoms with van der Waals surface area (Å²) < 4.78 is 12.8. The molecule has 0 heterocycles. The molecule has 4 heteroatoms. The second-order valence-corrected chi connectivity index (χ2v) is 5.64. The van der Waals surface area contributed by atoms with Crippen molar-refractivity contribution in [1.29, 1.82) is 0 Å². The van der Waals surface area contributed by atoms with Crippen LogP contribution in [-0.4, -0.2) is 5.11 Å². The summed E-state index contributed by atoms with van der Waals surface area (Å²) in [7, 11) is 0. The van der Waals surface area contributed by atoms with Crippen LogP contribution < -0.4 is 10.6 Å². The number of aryl methyl sites for hydroxylation is 1. The van der Waals surface area contributed by atoms with E-state index in [9.17, 15) is 4.39 Å². The van der Waals surface area contributed by atoms with E-state index in [-0.39, 0.29) is 5.82 Å². The summed E-state index contributed by atoms with van der Waals surface area (Å²) in [6.45, 7) is 2.77. The molecule has 2 N–H and O–H groups in total. The number of benzene rings is 2. The van der Waals surface area contributed by atoms with Crippen molar-refractivity contribution in [3.05, 3.63) is 65.5 Å². The smallest absolute Gasteiger partial charge is 0.171 e. The maximum atomic E-state index is 12.8. The van der Waals surface area contributed by atoms with E-state index >= 15 is 0 Å². The van der Waals surface area contributed by atoms with Gasteiger partial charge in [0.05, 0.1) is 0 Å². The lowest BCUT2D eigenvalue weighted by molar-refractivity contribution is 0.627. The lowest BCUT2D eigenvalue weighted by atomic mass is 10.1. The van der Waals surface area contributed by atoms with Crippen molar-refractivity contribution in [2.75, 3.05) is 5.32 Å². The number of hydrogen-bond acceptors (Lipinski definition) is 1. The molecular formula is C18H21FN2S. The third-order valence-electron chi connectivity index (χ3n) is 3.40. The van der Waals surface area contributed by atoms with Gasteiger partial charge in [0.1, 0.15) is 5.82 Å². The maximum Gasteiger partial charge on any atom is 0.171 e. The van der Waals surface area contributed by atoms with Crippen molar-refractivity contribution in [2.45, 2.75) is 32.7 Å². The molecule has 0 bridgehead atoms. The Labute approximate surface area is 136 Å². The Bertz CT molecular complexity index is 593. The average Bonchev–Trinajstić information content (AvgIpc) is 2.54. The van der Waals surface area contributed by atoms with Crippen LogP contribution in [0, 0.1) is 5.82 Å². The monoisotopic (exact) mass is 316 g/mol. The van der Waals surface area contributed by atoms with Crippen LogP contribution in [0.25, 0.3) is 0 Å². The van der Waals surface area contributed by atoms with Gasteiger partial charge in [-0.15, -0.1) is 0 Å². The molecule has 2 rings (SSSR count). The van der Waals surface area contributed by atoms with Gasteiger partial charge in [-0.2, -0.15) is 0 Å². The first-order valence-electron chi connectivity index (χ1n) is 7.55. The molecule has 0 saturated carbocycles. The fraction of sp³-hybridized carbons (Fsp3) is 0.278. The zero-order chi connectivity index (χ0) is 15.8. The number of anilines is 1. The molecule has 0 atom stereocenters. The number of halogens is 1. The van der Waals surface area contributed by atoms with Crippen LogP contribution in [0.1, 0.15) is 30.9 Å². The van der Waals surface area contributed by atoms with E-state index in [1.807, 2.05) is 12.1 Å².